The summed E-state index contributed by atoms with van der Waals surface area (Å²) < 4.78 is 5.62. The molecule has 0 aromatic rings. The van der Waals surface area contributed by atoms with E-state index in [1.807, 2.05) is 0 Å². The number of fused-ring (bicyclic) bond motifs is 2. The van der Waals surface area contributed by atoms with E-state index in [0.29, 0.717) is 6.04 Å². The molecule has 0 spiro atoms. The Balaban J connectivity index is 1.67. The van der Waals surface area contributed by atoms with Crippen molar-refractivity contribution in [2.24, 2.45) is 11.8 Å². The topological polar surface area (TPSA) is 24.5 Å². The molecule has 0 radical (unpaired) electrons. The summed E-state index contributed by atoms with van der Waals surface area (Å²) in [7, 11) is 2.33. The molecule has 4 atom stereocenters. The molecule has 2 bridgehead atoms. The summed E-state index contributed by atoms with van der Waals surface area (Å²) in [4.78, 5) is 2.64. The molecule has 3 fully saturated rings. The first-order valence-corrected chi connectivity index (χ1v) is 7.82. The quantitative estimate of drug-likeness (QED) is 0.827. The second-order valence-corrected chi connectivity index (χ2v) is 6.49. The van der Waals surface area contributed by atoms with E-state index in [0.717, 1.165) is 43.7 Å². The Morgan fingerprint density at radius 3 is 2.44 bits per heavy atom. The van der Waals surface area contributed by atoms with Gasteiger partial charge < -0.3 is 15.0 Å². The van der Waals surface area contributed by atoms with E-state index in [9.17, 15) is 0 Å². The van der Waals surface area contributed by atoms with Crippen LogP contribution in [0.3, 0.4) is 0 Å². The van der Waals surface area contributed by atoms with Crippen LogP contribution in [-0.2, 0) is 4.74 Å². The zero-order valence-electron chi connectivity index (χ0n) is 11.9. The SMILES string of the molecule is CCNC(C1CCOC1)C1CC2CCC(C1)N2C. The Morgan fingerprint density at radius 2 is 1.89 bits per heavy atom. The van der Waals surface area contributed by atoms with Crippen molar-refractivity contribution in [2.45, 2.75) is 57.2 Å². The smallest absolute Gasteiger partial charge is 0.0510 e. The first-order chi connectivity index (χ1) is 8.79. The van der Waals surface area contributed by atoms with E-state index in [4.69, 9.17) is 4.74 Å². The highest BCUT2D eigenvalue weighted by atomic mass is 16.5. The molecule has 3 aliphatic heterocycles. The first-order valence-electron chi connectivity index (χ1n) is 7.82. The number of rotatable bonds is 4. The van der Waals surface area contributed by atoms with Crippen molar-refractivity contribution in [1.82, 2.24) is 10.2 Å². The fraction of sp³-hybridized carbons (Fsp3) is 1.00. The number of hydrogen-bond donors (Lipinski definition) is 1. The van der Waals surface area contributed by atoms with Gasteiger partial charge in [-0.1, -0.05) is 6.92 Å². The average molecular weight is 252 g/mol. The predicted octanol–water partition coefficient (Wildman–Crippen LogP) is 1.87. The van der Waals surface area contributed by atoms with Gasteiger partial charge in [-0.15, -0.1) is 0 Å². The van der Waals surface area contributed by atoms with E-state index in [2.05, 4.69) is 24.2 Å². The summed E-state index contributed by atoms with van der Waals surface area (Å²) in [5, 5.41) is 3.78. The zero-order chi connectivity index (χ0) is 12.5. The molecular formula is C15H28N2O. The summed E-state index contributed by atoms with van der Waals surface area (Å²) in [6.07, 6.45) is 6.93. The van der Waals surface area contributed by atoms with E-state index in [1.165, 1.54) is 32.1 Å². The fourth-order valence-electron chi connectivity index (χ4n) is 4.54. The van der Waals surface area contributed by atoms with E-state index in [-0.39, 0.29) is 0 Å². The Morgan fingerprint density at radius 1 is 1.17 bits per heavy atom. The van der Waals surface area contributed by atoms with Crippen molar-refractivity contribution in [2.75, 3.05) is 26.8 Å². The Kier molecular flexibility index (Phi) is 3.92. The van der Waals surface area contributed by atoms with Crippen LogP contribution < -0.4 is 5.32 Å². The normalized spacial score (nSPS) is 42.3. The highest BCUT2D eigenvalue weighted by Gasteiger charge is 2.42. The average Bonchev–Trinajstić information content (AvgIpc) is 2.94. The van der Waals surface area contributed by atoms with Crippen molar-refractivity contribution < 1.29 is 4.74 Å². The molecule has 104 valence electrons. The molecule has 1 N–H and O–H groups in total. The van der Waals surface area contributed by atoms with Crippen molar-refractivity contribution in [3.63, 3.8) is 0 Å². The maximum Gasteiger partial charge on any atom is 0.0510 e. The molecular weight excluding hydrogens is 224 g/mol. The van der Waals surface area contributed by atoms with Crippen molar-refractivity contribution in [1.29, 1.82) is 0 Å². The largest absolute Gasteiger partial charge is 0.381 e. The second kappa shape index (κ2) is 5.48. The van der Waals surface area contributed by atoms with Gasteiger partial charge in [0, 0.05) is 30.7 Å². The molecule has 3 heteroatoms. The minimum Gasteiger partial charge on any atom is -0.381 e. The Hall–Kier alpha value is -0.120. The maximum atomic E-state index is 5.62. The summed E-state index contributed by atoms with van der Waals surface area (Å²) in [6.45, 7) is 5.31. The summed E-state index contributed by atoms with van der Waals surface area (Å²) >= 11 is 0. The molecule has 0 aromatic carbocycles. The van der Waals surface area contributed by atoms with Gasteiger partial charge in [0.05, 0.1) is 6.61 Å². The molecule has 3 heterocycles. The molecule has 0 aliphatic carbocycles. The van der Waals surface area contributed by atoms with Crippen LogP contribution in [0.5, 0.6) is 0 Å². The number of hydrogen-bond acceptors (Lipinski definition) is 3. The summed E-state index contributed by atoms with van der Waals surface area (Å²) in [5.41, 5.74) is 0. The van der Waals surface area contributed by atoms with Gasteiger partial charge in [-0.25, -0.2) is 0 Å². The molecule has 0 saturated carbocycles. The van der Waals surface area contributed by atoms with Crippen molar-refractivity contribution in [3.8, 4) is 0 Å². The number of nitrogens with zero attached hydrogens (tertiary/aromatic N) is 1. The number of ether oxygens (including phenoxy) is 1. The third-order valence-corrected chi connectivity index (χ3v) is 5.56. The molecule has 3 rings (SSSR count). The minimum absolute atomic E-state index is 0.703. The van der Waals surface area contributed by atoms with Gasteiger partial charge in [-0.2, -0.15) is 0 Å². The molecule has 3 aliphatic rings. The molecule has 4 unspecified atom stereocenters. The van der Waals surface area contributed by atoms with Crippen LogP contribution in [0, 0.1) is 11.8 Å². The summed E-state index contributed by atoms with van der Waals surface area (Å²) in [5.74, 6) is 1.64. The van der Waals surface area contributed by atoms with Crippen LogP contribution in [-0.4, -0.2) is 49.8 Å². The molecule has 0 amide bonds. The van der Waals surface area contributed by atoms with E-state index < -0.39 is 0 Å². The lowest BCUT2D eigenvalue weighted by Crippen LogP contribution is -2.50. The monoisotopic (exact) mass is 252 g/mol. The van der Waals surface area contributed by atoms with Gasteiger partial charge >= 0.3 is 0 Å². The predicted molar refractivity (Wildman–Crippen MR) is 73.7 cm³/mol. The third-order valence-electron chi connectivity index (χ3n) is 5.56. The van der Waals surface area contributed by atoms with Crippen LogP contribution in [0.2, 0.25) is 0 Å². The van der Waals surface area contributed by atoms with Crippen LogP contribution in [0.25, 0.3) is 0 Å². The third kappa shape index (κ3) is 2.33. The number of nitrogens with one attached hydrogen (secondary N) is 1. The molecule has 0 aromatic heterocycles. The van der Waals surface area contributed by atoms with Crippen LogP contribution in [0.15, 0.2) is 0 Å². The van der Waals surface area contributed by atoms with Crippen molar-refractivity contribution >= 4 is 0 Å². The van der Waals surface area contributed by atoms with Gasteiger partial charge in [-0.3, -0.25) is 0 Å². The van der Waals surface area contributed by atoms with Crippen molar-refractivity contribution in [3.05, 3.63) is 0 Å². The lowest BCUT2D eigenvalue weighted by Gasteiger charge is -2.41. The lowest BCUT2D eigenvalue weighted by atomic mass is 9.79. The van der Waals surface area contributed by atoms with Gasteiger partial charge in [-0.05, 0) is 51.6 Å². The maximum absolute atomic E-state index is 5.62. The van der Waals surface area contributed by atoms with Crippen LogP contribution >= 0.6 is 0 Å². The second-order valence-electron chi connectivity index (χ2n) is 6.49. The zero-order valence-corrected chi connectivity index (χ0v) is 11.9. The lowest BCUT2D eigenvalue weighted by molar-refractivity contribution is 0.0899. The van der Waals surface area contributed by atoms with Crippen LogP contribution in [0.1, 0.15) is 39.0 Å². The minimum atomic E-state index is 0.703. The van der Waals surface area contributed by atoms with Gasteiger partial charge in [0.15, 0.2) is 0 Å². The van der Waals surface area contributed by atoms with Gasteiger partial charge in [0.25, 0.3) is 0 Å². The Labute approximate surface area is 111 Å². The molecule has 18 heavy (non-hydrogen) atoms. The highest BCUT2D eigenvalue weighted by Crippen LogP contribution is 2.40. The Bertz CT molecular complexity index is 264. The standard InChI is InChI=1S/C15H28N2O/c1-3-16-15(11-6-7-18-10-11)12-8-13-4-5-14(9-12)17(13)2/h11-16H,3-10H2,1-2H3. The summed E-state index contributed by atoms with van der Waals surface area (Å²) in [6, 6.07) is 2.42. The van der Waals surface area contributed by atoms with E-state index in [1.54, 1.807) is 0 Å². The van der Waals surface area contributed by atoms with Gasteiger partial charge in [0.1, 0.15) is 0 Å². The fourth-order valence-corrected chi connectivity index (χ4v) is 4.54. The highest BCUT2D eigenvalue weighted by molar-refractivity contribution is 4.98. The first kappa shape index (κ1) is 12.9. The van der Waals surface area contributed by atoms with Crippen LogP contribution in [0.4, 0.5) is 0 Å². The van der Waals surface area contributed by atoms with Gasteiger partial charge in [0.2, 0.25) is 0 Å². The molecule has 3 saturated heterocycles. The molecule has 3 nitrogen and oxygen atoms in total. The van der Waals surface area contributed by atoms with E-state index >= 15 is 0 Å². The number of piperidine rings is 1.